The summed E-state index contributed by atoms with van der Waals surface area (Å²) in [7, 11) is 0. The van der Waals surface area contributed by atoms with Gasteiger partial charge in [0, 0.05) is 10.9 Å². The lowest BCUT2D eigenvalue weighted by Gasteiger charge is -2.19. The van der Waals surface area contributed by atoms with E-state index in [4.69, 9.17) is 11.6 Å². The Balaban J connectivity index is 1.93. The van der Waals surface area contributed by atoms with Gasteiger partial charge < -0.3 is 5.11 Å². The van der Waals surface area contributed by atoms with E-state index in [2.05, 4.69) is 18.2 Å². The standard InChI is InChI=1S/C16H15ClO/c17-13-6-3-5-12(10-13)16(18)15-9-8-11-4-1-2-7-14(11)15/h1-7,10,15-16,18H,8-9H2. The van der Waals surface area contributed by atoms with Gasteiger partial charge in [0.05, 0.1) is 6.10 Å². The minimum absolute atomic E-state index is 0.194. The summed E-state index contributed by atoms with van der Waals surface area (Å²) < 4.78 is 0. The summed E-state index contributed by atoms with van der Waals surface area (Å²) in [5.41, 5.74) is 3.55. The van der Waals surface area contributed by atoms with Crippen molar-refractivity contribution >= 4 is 11.6 Å². The Kier molecular flexibility index (Phi) is 3.11. The molecule has 2 atom stereocenters. The van der Waals surface area contributed by atoms with Gasteiger partial charge in [0.1, 0.15) is 0 Å². The van der Waals surface area contributed by atoms with Crippen LogP contribution in [0, 0.1) is 0 Å². The summed E-state index contributed by atoms with van der Waals surface area (Å²) in [5, 5.41) is 11.2. The first-order chi connectivity index (χ1) is 8.75. The molecule has 0 aliphatic heterocycles. The predicted molar refractivity (Wildman–Crippen MR) is 73.9 cm³/mol. The van der Waals surface area contributed by atoms with E-state index in [0.717, 1.165) is 18.4 Å². The molecule has 0 fully saturated rings. The van der Waals surface area contributed by atoms with Gasteiger partial charge in [-0.15, -0.1) is 0 Å². The third kappa shape index (κ3) is 2.05. The SMILES string of the molecule is OC(c1cccc(Cl)c1)C1CCc2ccccc21. The number of fused-ring (bicyclic) bond motifs is 1. The molecule has 92 valence electrons. The van der Waals surface area contributed by atoms with Crippen LogP contribution >= 0.6 is 11.6 Å². The van der Waals surface area contributed by atoms with Gasteiger partial charge in [-0.25, -0.2) is 0 Å². The summed E-state index contributed by atoms with van der Waals surface area (Å²) >= 11 is 5.98. The maximum Gasteiger partial charge on any atom is 0.0859 e. The van der Waals surface area contributed by atoms with Crippen molar-refractivity contribution in [2.75, 3.05) is 0 Å². The zero-order valence-corrected chi connectivity index (χ0v) is 10.8. The second kappa shape index (κ2) is 4.75. The normalized spacial score (nSPS) is 19.6. The van der Waals surface area contributed by atoms with Crippen LogP contribution in [-0.4, -0.2) is 5.11 Å². The highest BCUT2D eigenvalue weighted by atomic mass is 35.5. The van der Waals surface area contributed by atoms with Crippen molar-refractivity contribution < 1.29 is 5.11 Å². The Morgan fingerprint density at radius 3 is 2.78 bits per heavy atom. The van der Waals surface area contributed by atoms with E-state index >= 15 is 0 Å². The molecule has 1 aliphatic rings. The molecule has 2 heteroatoms. The summed E-state index contributed by atoms with van der Waals surface area (Å²) in [6.07, 6.45) is 1.60. The lowest BCUT2D eigenvalue weighted by atomic mass is 9.91. The number of aryl methyl sites for hydroxylation is 1. The zero-order valence-electron chi connectivity index (χ0n) is 10.0. The fourth-order valence-electron chi connectivity index (χ4n) is 2.84. The van der Waals surface area contributed by atoms with Gasteiger partial charge in [-0.1, -0.05) is 48.0 Å². The van der Waals surface area contributed by atoms with Crippen molar-refractivity contribution in [2.24, 2.45) is 0 Å². The molecule has 1 aliphatic carbocycles. The number of halogens is 1. The number of hydrogen-bond acceptors (Lipinski definition) is 1. The summed E-state index contributed by atoms with van der Waals surface area (Å²) in [5.74, 6) is 0.194. The zero-order chi connectivity index (χ0) is 12.5. The van der Waals surface area contributed by atoms with Crippen molar-refractivity contribution in [3.8, 4) is 0 Å². The largest absolute Gasteiger partial charge is 0.388 e. The van der Waals surface area contributed by atoms with Gasteiger partial charge in [0.15, 0.2) is 0 Å². The highest BCUT2D eigenvalue weighted by molar-refractivity contribution is 6.30. The van der Waals surface area contributed by atoms with Gasteiger partial charge >= 0.3 is 0 Å². The lowest BCUT2D eigenvalue weighted by molar-refractivity contribution is 0.145. The van der Waals surface area contributed by atoms with Crippen LogP contribution in [0.25, 0.3) is 0 Å². The van der Waals surface area contributed by atoms with E-state index < -0.39 is 6.10 Å². The van der Waals surface area contributed by atoms with Crippen LogP contribution in [0.3, 0.4) is 0 Å². The van der Waals surface area contributed by atoms with Crippen molar-refractivity contribution in [1.29, 1.82) is 0 Å². The molecular formula is C16H15ClO. The molecule has 0 radical (unpaired) electrons. The average molecular weight is 259 g/mol. The minimum atomic E-state index is -0.465. The van der Waals surface area contributed by atoms with Crippen molar-refractivity contribution in [3.63, 3.8) is 0 Å². The molecule has 0 bridgehead atoms. The van der Waals surface area contributed by atoms with E-state index in [0.29, 0.717) is 5.02 Å². The van der Waals surface area contributed by atoms with Gasteiger partial charge in [0.2, 0.25) is 0 Å². The van der Waals surface area contributed by atoms with E-state index in [-0.39, 0.29) is 5.92 Å². The van der Waals surface area contributed by atoms with Gasteiger partial charge in [-0.3, -0.25) is 0 Å². The Morgan fingerprint density at radius 1 is 1.11 bits per heavy atom. The minimum Gasteiger partial charge on any atom is -0.388 e. The van der Waals surface area contributed by atoms with Crippen molar-refractivity contribution in [2.45, 2.75) is 24.9 Å². The summed E-state index contributed by atoms with van der Waals surface area (Å²) in [6, 6.07) is 15.9. The average Bonchev–Trinajstić information content (AvgIpc) is 2.82. The lowest BCUT2D eigenvalue weighted by Crippen LogP contribution is -2.08. The van der Waals surface area contributed by atoms with Crippen LogP contribution in [0.2, 0.25) is 5.02 Å². The number of rotatable bonds is 2. The molecule has 18 heavy (non-hydrogen) atoms. The molecule has 3 rings (SSSR count). The van der Waals surface area contributed by atoms with Gasteiger partial charge in [0.25, 0.3) is 0 Å². The first-order valence-electron chi connectivity index (χ1n) is 6.27. The van der Waals surface area contributed by atoms with E-state index in [1.54, 1.807) is 0 Å². The molecule has 2 unspecified atom stereocenters. The smallest absolute Gasteiger partial charge is 0.0859 e. The number of benzene rings is 2. The van der Waals surface area contributed by atoms with Crippen LogP contribution in [0.4, 0.5) is 0 Å². The summed E-state index contributed by atoms with van der Waals surface area (Å²) in [4.78, 5) is 0. The third-order valence-electron chi connectivity index (χ3n) is 3.75. The van der Waals surface area contributed by atoms with E-state index in [9.17, 15) is 5.11 Å². The molecule has 0 heterocycles. The predicted octanol–water partition coefficient (Wildman–Crippen LogP) is 4.10. The second-order valence-corrected chi connectivity index (χ2v) is 5.28. The molecule has 0 aromatic heterocycles. The van der Waals surface area contributed by atoms with Crippen LogP contribution in [0.1, 0.15) is 35.1 Å². The molecule has 0 spiro atoms. The maximum absolute atomic E-state index is 10.5. The first-order valence-corrected chi connectivity index (χ1v) is 6.65. The van der Waals surface area contributed by atoms with E-state index in [1.807, 2.05) is 30.3 Å². The molecule has 0 saturated carbocycles. The van der Waals surface area contributed by atoms with Gasteiger partial charge in [-0.05, 0) is 41.7 Å². The van der Waals surface area contributed by atoms with Crippen LogP contribution in [0.5, 0.6) is 0 Å². The third-order valence-corrected chi connectivity index (χ3v) is 3.99. The Bertz CT molecular complexity index is 565. The molecule has 0 amide bonds. The maximum atomic E-state index is 10.5. The molecule has 2 aromatic carbocycles. The Hall–Kier alpha value is -1.31. The Morgan fingerprint density at radius 2 is 1.94 bits per heavy atom. The molecule has 0 saturated heterocycles. The highest BCUT2D eigenvalue weighted by Gasteiger charge is 2.29. The Labute approximate surface area is 112 Å². The van der Waals surface area contributed by atoms with Crippen LogP contribution < -0.4 is 0 Å². The van der Waals surface area contributed by atoms with E-state index in [1.165, 1.54) is 11.1 Å². The van der Waals surface area contributed by atoms with Crippen LogP contribution in [-0.2, 0) is 6.42 Å². The van der Waals surface area contributed by atoms with Gasteiger partial charge in [-0.2, -0.15) is 0 Å². The number of aliphatic hydroxyl groups is 1. The highest BCUT2D eigenvalue weighted by Crippen LogP contribution is 2.41. The second-order valence-electron chi connectivity index (χ2n) is 4.84. The molecule has 1 N–H and O–H groups in total. The quantitative estimate of drug-likeness (QED) is 0.860. The molecular weight excluding hydrogens is 244 g/mol. The topological polar surface area (TPSA) is 20.2 Å². The molecule has 2 aromatic rings. The molecule has 1 nitrogen and oxygen atoms in total. The van der Waals surface area contributed by atoms with Crippen LogP contribution in [0.15, 0.2) is 48.5 Å². The fraction of sp³-hybridized carbons (Fsp3) is 0.250. The summed E-state index contributed by atoms with van der Waals surface area (Å²) in [6.45, 7) is 0. The first kappa shape index (κ1) is 11.8. The number of aliphatic hydroxyl groups excluding tert-OH is 1. The fourth-order valence-corrected chi connectivity index (χ4v) is 3.04. The van der Waals surface area contributed by atoms with Crippen molar-refractivity contribution in [3.05, 3.63) is 70.2 Å². The number of hydrogen-bond donors (Lipinski definition) is 1. The monoisotopic (exact) mass is 258 g/mol. The van der Waals surface area contributed by atoms with Crippen molar-refractivity contribution in [1.82, 2.24) is 0 Å².